The summed E-state index contributed by atoms with van der Waals surface area (Å²) in [6.07, 6.45) is 0. The second-order valence-electron chi connectivity index (χ2n) is 5.63. The molecule has 23 heavy (non-hydrogen) atoms. The van der Waals surface area contributed by atoms with Crippen LogP contribution in [0.2, 0.25) is 0 Å². The molecule has 0 aliphatic carbocycles. The Labute approximate surface area is 153 Å². The molecule has 0 saturated carbocycles. The zero-order chi connectivity index (χ0) is 16.4. The minimum absolute atomic E-state index is 0.324. The van der Waals surface area contributed by atoms with Crippen LogP contribution in [0.1, 0.15) is 30.3 Å². The van der Waals surface area contributed by atoms with E-state index in [4.69, 9.17) is 0 Å². The molecule has 0 radical (unpaired) electrons. The molecular weight excluding hydrogens is 390 g/mol. The normalized spacial score (nSPS) is 11.3. The highest BCUT2D eigenvalue weighted by Crippen LogP contribution is 2.31. The molecule has 0 aliphatic rings. The summed E-state index contributed by atoms with van der Waals surface area (Å²) < 4.78 is 3.33. The van der Waals surface area contributed by atoms with Crippen molar-refractivity contribution in [2.75, 3.05) is 0 Å². The third kappa shape index (κ3) is 3.87. The van der Waals surface area contributed by atoms with Crippen LogP contribution in [0, 0.1) is 6.92 Å². The number of hydrogen-bond donors (Lipinski definition) is 0. The van der Waals surface area contributed by atoms with Crippen LogP contribution in [-0.4, -0.2) is 14.8 Å². The SMILES string of the molecule is Cc1cc(-c2nnc(SCc3cccc(Br)c3)n2C(C)C)cs1. The standard InChI is InChI=1S/C17H18BrN3S2/c1-11(2)21-16(14-7-12(3)22-10-14)19-20-17(21)23-9-13-5-4-6-15(18)8-13/h4-8,10-11H,9H2,1-3H3. The third-order valence-electron chi connectivity index (χ3n) is 3.43. The topological polar surface area (TPSA) is 30.7 Å². The van der Waals surface area contributed by atoms with Gasteiger partial charge in [0, 0.05) is 32.1 Å². The monoisotopic (exact) mass is 407 g/mol. The number of benzene rings is 1. The Balaban J connectivity index is 1.86. The number of nitrogens with zero attached hydrogens (tertiary/aromatic N) is 3. The molecule has 0 N–H and O–H groups in total. The maximum Gasteiger partial charge on any atom is 0.192 e. The molecule has 3 rings (SSSR count). The van der Waals surface area contributed by atoms with E-state index in [0.29, 0.717) is 6.04 Å². The summed E-state index contributed by atoms with van der Waals surface area (Å²) in [7, 11) is 0. The number of thioether (sulfide) groups is 1. The molecule has 0 fully saturated rings. The number of thiophene rings is 1. The lowest BCUT2D eigenvalue weighted by Crippen LogP contribution is -2.04. The average molecular weight is 408 g/mol. The van der Waals surface area contributed by atoms with Gasteiger partial charge in [-0.1, -0.05) is 39.8 Å². The summed E-state index contributed by atoms with van der Waals surface area (Å²) in [5.41, 5.74) is 2.43. The van der Waals surface area contributed by atoms with Gasteiger partial charge in [0.2, 0.25) is 0 Å². The van der Waals surface area contributed by atoms with E-state index in [0.717, 1.165) is 26.8 Å². The summed E-state index contributed by atoms with van der Waals surface area (Å²) in [5, 5.41) is 12.0. The Kier molecular flexibility index (Phi) is 5.24. The number of aromatic nitrogens is 3. The van der Waals surface area contributed by atoms with Crippen molar-refractivity contribution >= 4 is 39.0 Å². The first-order valence-electron chi connectivity index (χ1n) is 7.42. The average Bonchev–Trinajstić information content (AvgIpc) is 3.11. The molecule has 0 atom stereocenters. The summed E-state index contributed by atoms with van der Waals surface area (Å²) >= 11 is 7.00. The molecule has 0 spiro atoms. The van der Waals surface area contributed by atoms with Crippen molar-refractivity contribution in [3.05, 3.63) is 50.6 Å². The fourth-order valence-electron chi connectivity index (χ4n) is 2.37. The molecule has 0 unspecified atom stereocenters. The van der Waals surface area contributed by atoms with Gasteiger partial charge < -0.3 is 0 Å². The van der Waals surface area contributed by atoms with Crippen molar-refractivity contribution in [1.82, 2.24) is 14.8 Å². The lowest BCUT2D eigenvalue weighted by atomic mass is 10.2. The summed E-state index contributed by atoms with van der Waals surface area (Å²) in [6.45, 7) is 6.47. The highest BCUT2D eigenvalue weighted by atomic mass is 79.9. The van der Waals surface area contributed by atoms with Crippen LogP contribution in [0.3, 0.4) is 0 Å². The molecule has 0 saturated heterocycles. The molecule has 3 aromatic rings. The fraction of sp³-hybridized carbons (Fsp3) is 0.294. The van der Waals surface area contributed by atoms with Gasteiger partial charge in [-0.25, -0.2) is 0 Å². The Morgan fingerprint density at radius 2 is 2.09 bits per heavy atom. The van der Waals surface area contributed by atoms with E-state index in [1.54, 1.807) is 23.1 Å². The van der Waals surface area contributed by atoms with Crippen LogP contribution in [-0.2, 0) is 5.75 Å². The molecular formula is C17H18BrN3S2. The highest BCUT2D eigenvalue weighted by molar-refractivity contribution is 9.10. The van der Waals surface area contributed by atoms with Crippen LogP contribution in [0.4, 0.5) is 0 Å². The van der Waals surface area contributed by atoms with Gasteiger partial charge in [0.1, 0.15) is 0 Å². The van der Waals surface area contributed by atoms with Crippen molar-refractivity contribution in [1.29, 1.82) is 0 Å². The van der Waals surface area contributed by atoms with E-state index in [1.807, 2.05) is 6.07 Å². The highest BCUT2D eigenvalue weighted by Gasteiger charge is 2.17. The number of halogens is 1. The van der Waals surface area contributed by atoms with Gasteiger partial charge in [-0.2, -0.15) is 0 Å². The molecule has 0 bridgehead atoms. The van der Waals surface area contributed by atoms with Gasteiger partial charge >= 0.3 is 0 Å². The largest absolute Gasteiger partial charge is 0.299 e. The van der Waals surface area contributed by atoms with Gasteiger partial charge in [0.05, 0.1) is 0 Å². The molecule has 1 aromatic carbocycles. The zero-order valence-electron chi connectivity index (χ0n) is 13.3. The molecule has 0 aliphatic heterocycles. The van der Waals surface area contributed by atoms with Crippen LogP contribution < -0.4 is 0 Å². The number of hydrogen-bond acceptors (Lipinski definition) is 4. The Hall–Kier alpha value is -1.11. The van der Waals surface area contributed by atoms with E-state index < -0.39 is 0 Å². The second kappa shape index (κ2) is 7.20. The zero-order valence-corrected chi connectivity index (χ0v) is 16.5. The van der Waals surface area contributed by atoms with E-state index in [1.165, 1.54) is 10.4 Å². The predicted octanol–water partition coefficient (Wildman–Crippen LogP) is 5.95. The maximum absolute atomic E-state index is 4.44. The van der Waals surface area contributed by atoms with Gasteiger partial charge in [-0.3, -0.25) is 4.57 Å². The smallest absolute Gasteiger partial charge is 0.192 e. The fourth-order valence-corrected chi connectivity index (χ4v) is 4.51. The van der Waals surface area contributed by atoms with Crippen molar-refractivity contribution < 1.29 is 0 Å². The second-order valence-corrected chi connectivity index (χ2v) is 8.61. The molecule has 2 aromatic heterocycles. The van der Waals surface area contributed by atoms with Crippen molar-refractivity contribution in [3.8, 4) is 11.4 Å². The minimum atomic E-state index is 0.324. The van der Waals surface area contributed by atoms with E-state index in [9.17, 15) is 0 Å². The van der Waals surface area contributed by atoms with Crippen LogP contribution in [0.15, 0.2) is 45.3 Å². The minimum Gasteiger partial charge on any atom is -0.299 e. The van der Waals surface area contributed by atoms with Crippen LogP contribution in [0.5, 0.6) is 0 Å². The maximum atomic E-state index is 4.44. The Morgan fingerprint density at radius 3 is 2.74 bits per heavy atom. The first-order chi connectivity index (χ1) is 11.0. The van der Waals surface area contributed by atoms with E-state index in [2.05, 4.69) is 81.1 Å². The first kappa shape index (κ1) is 16.7. The van der Waals surface area contributed by atoms with Crippen LogP contribution in [0.25, 0.3) is 11.4 Å². The Bertz CT molecular complexity index is 808. The van der Waals surface area contributed by atoms with Gasteiger partial charge in [0.15, 0.2) is 11.0 Å². The lowest BCUT2D eigenvalue weighted by Gasteiger charge is -2.13. The van der Waals surface area contributed by atoms with E-state index >= 15 is 0 Å². The molecule has 0 amide bonds. The first-order valence-corrected chi connectivity index (χ1v) is 10.1. The van der Waals surface area contributed by atoms with Gasteiger partial charge in [-0.15, -0.1) is 21.5 Å². The van der Waals surface area contributed by atoms with E-state index in [-0.39, 0.29) is 0 Å². The summed E-state index contributed by atoms with van der Waals surface area (Å²) in [4.78, 5) is 1.29. The molecule has 6 heteroatoms. The van der Waals surface area contributed by atoms with Gasteiger partial charge in [-0.05, 0) is 44.5 Å². The van der Waals surface area contributed by atoms with Crippen molar-refractivity contribution in [3.63, 3.8) is 0 Å². The summed E-state index contributed by atoms with van der Waals surface area (Å²) in [5.74, 6) is 1.84. The Morgan fingerprint density at radius 1 is 1.26 bits per heavy atom. The van der Waals surface area contributed by atoms with Crippen LogP contribution >= 0.6 is 39.0 Å². The van der Waals surface area contributed by atoms with Crippen molar-refractivity contribution in [2.24, 2.45) is 0 Å². The number of aryl methyl sites for hydroxylation is 1. The quantitative estimate of drug-likeness (QED) is 0.489. The molecule has 120 valence electrons. The third-order valence-corrected chi connectivity index (χ3v) is 5.80. The lowest BCUT2D eigenvalue weighted by molar-refractivity contribution is 0.555. The van der Waals surface area contributed by atoms with Crippen molar-refractivity contribution in [2.45, 2.75) is 37.7 Å². The van der Waals surface area contributed by atoms with Gasteiger partial charge in [0.25, 0.3) is 0 Å². The molecule has 2 heterocycles. The number of rotatable bonds is 5. The summed E-state index contributed by atoms with van der Waals surface area (Å²) in [6, 6.07) is 10.9. The predicted molar refractivity (Wildman–Crippen MR) is 102 cm³/mol. The molecule has 3 nitrogen and oxygen atoms in total.